The molecule has 4 heavy (non-hydrogen) atoms. The number of rotatable bonds is 1. The Hall–Kier alpha value is 0.687. The summed E-state index contributed by atoms with van der Waals surface area (Å²) in [6.07, 6.45) is 0. The SMILES string of the molecule is [2H][B-]O[B].[Li+]. The molecule has 0 saturated carbocycles. The third-order valence-corrected chi connectivity index (χ3v) is 0. The van der Waals surface area contributed by atoms with E-state index in [9.17, 15) is 0 Å². The summed E-state index contributed by atoms with van der Waals surface area (Å²) in [5.41, 5.74) is 0. The van der Waals surface area contributed by atoms with Crippen molar-refractivity contribution in [3.8, 4) is 0 Å². The van der Waals surface area contributed by atoms with Crippen LogP contribution in [0.3, 0.4) is 0 Å². The Balaban J connectivity index is 0. The molecule has 0 fully saturated rings. The summed E-state index contributed by atoms with van der Waals surface area (Å²) >= 11 is 0. The fourth-order valence-corrected chi connectivity index (χ4v) is 0. The largest absolute Gasteiger partial charge is 1.00 e. The predicted octanol–water partition coefficient (Wildman–Crippen LogP) is -4.09. The Morgan fingerprint density at radius 3 is 2.50 bits per heavy atom. The molecule has 0 saturated heterocycles. The summed E-state index contributed by atoms with van der Waals surface area (Å²) in [6.45, 7) is 0. The Kier molecular flexibility index (Phi) is 11.0. The Bertz CT molecular complexity index is 11.6. The van der Waals surface area contributed by atoms with Gasteiger partial charge in [0.25, 0.3) is 0 Å². The number of hydrogen-bond acceptors (Lipinski definition) is 1. The fourth-order valence-electron chi connectivity index (χ4n) is 0. The molecule has 0 rings (SSSR count). The van der Waals surface area contributed by atoms with Crippen LogP contribution in [0.4, 0.5) is 0 Å². The summed E-state index contributed by atoms with van der Waals surface area (Å²) in [5.74, 6) is 0. The molecular formula is HB2LiO. The van der Waals surface area contributed by atoms with Crippen molar-refractivity contribution >= 4 is 16.1 Å². The third-order valence-electron chi connectivity index (χ3n) is 0. The maximum absolute atomic E-state index is 5.98. The van der Waals surface area contributed by atoms with E-state index in [2.05, 4.69) is 12.6 Å². The van der Waals surface area contributed by atoms with Crippen molar-refractivity contribution in [3.63, 3.8) is 0 Å². The standard InChI is InChI=1S/B2HO.Li/c1-3-2;/h1H;/q-1;+1/i1D;. The minimum absolute atomic E-state index is 0. The molecule has 0 spiro atoms. The van der Waals surface area contributed by atoms with Crippen LogP contribution in [0, 0.1) is 0 Å². The van der Waals surface area contributed by atoms with Crippen LogP contribution in [0.25, 0.3) is 0 Å². The topological polar surface area (TPSA) is 9.23 Å². The quantitative estimate of drug-likeness (QED) is 0.273. The second-order valence-electron chi connectivity index (χ2n) is 0.136. The van der Waals surface area contributed by atoms with Crippen molar-refractivity contribution < 1.29 is 23.4 Å². The summed E-state index contributed by atoms with van der Waals surface area (Å²) in [5, 5.41) is 0. The van der Waals surface area contributed by atoms with E-state index in [0.29, 0.717) is 8.01 Å². The molecule has 0 aromatic rings. The van der Waals surface area contributed by atoms with Crippen LogP contribution in [0.2, 0.25) is 0 Å². The van der Waals surface area contributed by atoms with E-state index in [1.165, 1.54) is 0 Å². The van der Waals surface area contributed by atoms with Crippen molar-refractivity contribution in [2.24, 2.45) is 0 Å². The van der Waals surface area contributed by atoms with Crippen molar-refractivity contribution in [1.82, 2.24) is 0 Å². The first-order valence-corrected chi connectivity index (χ1v) is 0.471. The van der Waals surface area contributed by atoms with Gasteiger partial charge in [-0.2, -0.15) is 0 Å². The molecule has 0 aromatic heterocycles. The zero-order valence-electron chi connectivity index (χ0n) is 3.56. The van der Waals surface area contributed by atoms with E-state index in [0.717, 1.165) is 0 Å². The van der Waals surface area contributed by atoms with Gasteiger partial charge in [0.05, 0.1) is 0 Å². The van der Waals surface area contributed by atoms with Gasteiger partial charge in [0, 0.05) is 0 Å². The van der Waals surface area contributed by atoms with E-state index in [1.807, 2.05) is 0 Å². The molecule has 0 heterocycles. The predicted molar refractivity (Wildman–Crippen MR) is 14.0 cm³/mol. The zero-order valence-corrected chi connectivity index (χ0v) is 2.56. The minimum Gasteiger partial charge on any atom is -0.728 e. The van der Waals surface area contributed by atoms with E-state index in [4.69, 9.17) is 1.34 Å². The fraction of sp³-hybridized carbons (Fsp3) is 0. The molecule has 0 N–H and O–H groups in total. The summed E-state index contributed by atoms with van der Waals surface area (Å²) in [7, 11) is 4.94. The van der Waals surface area contributed by atoms with E-state index in [-0.39, 0.29) is 18.9 Å². The van der Waals surface area contributed by atoms with Gasteiger partial charge in [-0.3, -0.25) is 1.34 Å². The molecule has 14 valence electrons. The smallest absolute Gasteiger partial charge is 0.728 e. The summed E-state index contributed by atoms with van der Waals surface area (Å²) < 4.78 is 9.56. The Morgan fingerprint density at radius 2 is 2.50 bits per heavy atom. The molecule has 0 aliphatic carbocycles. The van der Waals surface area contributed by atoms with Gasteiger partial charge in [0.1, 0.15) is 0 Å². The van der Waals surface area contributed by atoms with Crippen LogP contribution in [0.5, 0.6) is 0 Å². The van der Waals surface area contributed by atoms with Gasteiger partial charge in [-0.25, -0.2) is 8.01 Å². The molecule has 0 bridgehead atoms. The zero-order chi connectivity index (χ0) is 3.41. The molecule has 4 radical (unpaired) electrons. The third kappa shape index (κ3) is 16.2. The molecular weight excluding hydrogens is 44.6 g/mol. The monoisotopic (exact) mass is 47.0 g/mol. The van der Waals surface area contributed by atoms with Gasteiger partial charge < -0.3 is 4.57 Å². The van der Waals surface area contributed by atoms with E-state index >= 15 is 0 Å². The van der Waals surface area contributed by atoms with Gasteiger partial charge in [-0.1, -0.05) is 0 Å². The van der Waals surface area contributed by atoms with Crippen molar-refractivity contribution in [1.29, 1.82) is 1.34 Å². The summed E-state index contributed by atoms with van der Waals surface area (Å²) in [4.78, 5) is 0. The molecule has 4 heteroatoms. The van der Waals surface area contributed by atoms with E-state index in [1.54, 1.807) is 0 Å². The maximum Gasteiger partial charge on any atom is 1.00 e. The van der Waals surface area contributed by atoms with Gasteiger partial charge >= 0.3 is 18.9 Å². The Labute approximate surface area is 41.5 Å². The van der Waals surface area contributed by atoms with Crippen molar-refractivity contribution in [2.75, 3.05) is 0 Å². The molecule has 0 aliphatic rings. The first-order valence-electron chi connectivity index (χ1n) is 1.05. The minimum atomic E-state index is 0. The number of hydrogen-bond donors (Lipinski definition) is 0. The summed E-state index contributed by atoms with van der Waals surface area (Å²) in [6, 6.07) is 0. The van der Waals surface area contributed by atoms with Crippen molar-refractivity contribution in [2.45, 2.75) is 0 Å². The average Bonchev–Trinajstić information content (AvgIpc) is 1.37. The van der Waals surface area contributed by atoms with E-state index < -0.39 is 0 Å². The van der Waals surface area contributed by atoms with Crippen molar-refractivity contribution in [3.05, 3.63) is 0 Å². The normalized spacial score (nSPS) is 7.50. The molecule has 0 aromatic carbocycles. The van der Waals surface area contributed by atoms with Gasteiger partial charge in [-0.05, 0) is 0 Å². The molecule has 1 nitrogen and oxygen atoms in total. The van der Waals surface area contributed by atoms with Gasteiger partial charge in [0.2, 0.25) is 8.05 Å². The van der Waals surface area contributed by atoms with Crippen LogP contribution in [-0.4, -0.2) is 17.4 Å². The van der Waals surface area contributed by atoms with Gasteiger partial charge in [-0.15, -0.1) is 0 Å². The first-order chi connectivity index (χ1) is 1.91. The van der Waals surface area contributed by atoms with Crippen LogP contribution < -0.4 is 18.9 Å². The maximum atomic E-state index is 5.98. The molecule has 0 amide bonds. The van der Waals surface area contributed by atoms with Crippen LogP contribution in [-0.2, 0) is 4.57 Å². The molecule has 0 atom stereocenters. The second kappa shape index (κ2) is 9.35. The molecule has 0 aliphatic heterocycles. The van der Waals surface area contributed by atoms with Gasteiger partial charge in [0.15, 0.2) is 0 Å². The van der Waals surface area contributed by atoms with Crippen LogP contribution >= 0.6 is 0 Å². The Morgan fingerprint density at radius 1 is 2.25 bits per heavy atom. The van der Waals surface area contributed by atoms with Crippen LogP contribution in [0.1, 0.15) is 0 Å². The molecule has 0 unspecified atom stereocenters. The average molecular weight is 46.6 g/mol. The van der Waals surface area contributed by atoms with Crippen LogP contribution in [0.15, 0.2) is 0 Å². The second-order valence-corrected chi connectivity index (χ2v) is 0.136. The first kappa shape index (κ1) is 4.69.